The summed E-state index contributed by atoms with van der Waals surface area (Å²) in [6.45, 7) is 0. The maximum absolute atomic E-state index is 5.46. The van der Waals surface area contributed by atoms with E-state index in [1.54, 1.807) is 0 Å². The van der Waals surface area contributed by atoms with Gasteiger partial charge in [-0.25, -0.2) is 0 Å². The molecule has 0 N–H and O–H groups in total. The first-order valence-electron chi connectivity index (χ1n) is 1.38. The SMILES string of the molecule is ClC(Cl)(Cl)[PH](Br)(Br)Br. The summed E-state index contributed by atoms with van der Waals surface area (Å²) in [5, 5.41) is 0. The third-order valence-electron chi connectivity index (χ3n) is 0.321. The third-order valence-corrected chi connectivity index (χ3v) is 15.0. The van der Waals surface area contributed by atoms with E-state index in [9.17, 15) is 0 Å². The van der Waals surface area contributed by atoms with Crippen LogP contribution in [-0.2, 0) is 0 Å². The molecule has 0 aromatic rings. The first kappa shape index (κ1) is 10.7. The summed E-state index contributed by atoms with van der Waals surface area (Å²) in [7, 11) is 0. The van der Waals surface area contributed by atoms with Gasteiger partial charge in [0, 0.05) is 0 Å². The number of alkyl halides is 3. The summed E-state index contributed by atoms with van der Waals surface area (Å²) in [5.74, 6) is 0. The van der Waals surface area contributed by atoms with Gasteiger partial charge in [0.15, 0.2) is 0 Å². The normalized spacial score (nSPS) is 16.2. The van der Waals surface area contributed by atoms with Gasteiger partial charge in [0.25, 0.3) is 0 Å². The Morgan fingerprint density at radius 2 is 1.12 bits per heavy atom. The van der Waals surface area contributed by atoms with E-state index in [1.807, 2.05) is 0 Å². The van der Waals surface area contributed by atoms with Gasteiger partial charge in [-0.2, -0.15) is 0 Å². The molecule has 0 bridgehead atoms. The molecule has 0 fully saturated rings. The minimum atomic E-state index is -2.12. The summed E-state index contributed by atoms with van der Waals surface area (Å²) in [6, 6.07) is 0. The van der Waals surface area contributed by atoms with Crippen LogP contribution >= 0.6 is 84.6 Å². The quantitative estimate of drug-likeness (QED) is 0.404. The van der Waals surface area contributed by atoms with Gasteiger partial charge < -0.3 is 0 Å². The van der Waals surface area contributed by atoms with E-state index in [1.165, 1.54) is 0 Å². The molecule has 0 aromatic heterocycles. The van der Waals surface area contributed by atoms with Crippen LogP contribution in [0.25, 0.3) is 0 Å². The molecule has 0 aromatic carbocycles. The Morgan fingerprint density at radius 3 is 1.12 bits per heavy atom. The molecular weight excluding hydrogens is 389 g/mol. The van der Waals surface area contributed by atoms with Crippen molar-refractivity contribution in [3.63, 3.8) is 0 Å². The molecule has 0 aliphatic rings. The van der Waals surface area contributed by atoms with Crippen molar-refractivity contribution >= 4 is 84.6 Å². The van der Waals surface area contributed by atoms with E-state index >= 15 is 0 Å². The molecule has 0 atom stereocenters. The Bertz CT molecular complexity index is 69.5. The molecule has 0 heterocycles. The standard InChI is InChI=1S/CHBr3Cl3P/c2-8(3,4)1(5,6)7/h8H. The van der Waals surface area contributed by atoms with Crippen molar-refractivity contribution in [2.75, 3.05) is 0 Å². The maximum atomic E-state index is 5.46. The van der Waals surface area contributed by atoms with Crippen LogP contribution in [0.15, 0.2) is 0 Å². The summed E-state index contributed by atoms with van der Waals surface area (Å²) in [4.78, 5) is 0. The number of hydrogen-bond donors (Lipinski definition) is 0. The fraction of sp³-hybridized carbons (Fsp3) is 1.00. The molecular formula is CHBr3Cl3P. The average Bonchev–Trinajstić information content (AvgIpc) is 1.25. The van der Waals surface area contributed by atoms with Gasteiger partial charge in [0.2, 0.25) is 0 Å². The van der Waals surface area contributed by atoms with E-state index in [2.05, 4.69) is 46.5 Å². The van der Waals surface area contributed by atoms with Crippen LogP contribution in [-0.4, -0.2) is 3.53 Å². The van der Waals surface area contributed by atoms with Crippen LogP contribution in [0.3, 0.4) is 0 Å². The van der Waals surface area contributed by atoms with Gasteiger partial charge in [-0.3, -0.25) is 0 Å². The Balaban J connectivity index is 4.02. The summed E-state index contributed by atoms with van der Waals surface area (Å²) < 4.78 is -3.38. The molecule has 0 amide bonds. The molecule has 0 aliphatic carbocycles. The molecule has 0 radical (unpaired) electrons. The fourth-order valence-electron chi connectivity index (χ4n) is 0. The predicted octanol–water partition coefficient (Wildman–Crippen LogP) is 4.99. The zero-order valence-electron chi connectivity index (χ0n) is 3.27. The molecule has 0 rings (SSSR count). The zero-order valence-corrected chi connectivity index (χ0v) is 11.3. The van der Waals surface area contributed by atoms with Gasteiger partial charge in [0.05, 0.1) is 0 Å². The molecule has 0 unspecified atom stereocenters. The van der Waals surface area contributed by atoms with Crippen molar-refractivity contribution in [2.24, 2.45) is 0 Å². The fourth-order valence-corrected chi connectivity index (χ4v) is 0. The van der Waals surface area contributed by atoms with Gasteiger partial charge in [-0.05, 0) is 0 Å². The molecule has 0 saturated heterocycles. The Morgan fingerprint density at radius 1 is 1.00 bits per heavy atom. The van der Waals surface area contributed by atoms with Crippen LogP contribution < -0.4 is 0 Å². The Hall–Kier alpha value is 2.74. The summed E-state index contributed by atoms with van der Waals surface area (Å²) in [6.07, 6.45) is 0. The van der Waals surface area contributed by atoms with Crippen LogP contribution in [0.5, 0.6) is 0 Å². The molecule has 8 heavy (non-hydrogen) atoms. The van der Waals surface area contributed by atoms with Crippen molar-refractivity contribution in [3.8, 4) is 0 Å². The van der Waals surface area contributed by atoms with E-state index < -0.39 is 6.90 Å². The monoisotopic (exact) mass is 386 g/mol. The van der Waals surface area contributed by atoms with Crippen molar-refractivity contribution in [3.05, 3.63) is 0 Å². The first-order chi connectivity index (χ1) is 3.25. The van der Waals surface area contributed by atoms with Crippen LogP contribution in [0.1, 0.15) is 0 Å². The van der Waals surface area contributed by atoms with E-state index in [0.717, 1.165) is 0 Å². The average molecular weight is 390 g/mol. The van der Waals surface area contributed by atoms with Gasteiger partial charge in [0.1, 0.15) is 0 Å². The van der Waals surface area contributed by atoms with Crippen molar-refractivity contribution < 1.29 is 0 Å². The summed E-state index contributed by atoms with van der Waals surface area (Å²) >= 11 is 25.9. The number of halogens is 6. The molecule has 0 aliphatic heterocycles. The zero-order chi connectivity index (χ0) is 7.00. The first-order valence-corrected chi connectivity index (χ1v) is 11.3. The molecule has 7 heteroatoms. The minimum absolute atomic E-state index is 1.26. The molecule has 0 saturated carbocycles. The molecule has 0 spiro atoms. The van der Waals surface area contributed by atoms with E-state index in [-0.39, 0.29) is 0 Å². The van der Waals surface area contributed by atoms with E-state index in [4.69, 9.17) is 34.8 Å². The molecule has 0 nitrogen and oxygen atoms in total. The van der Waals surface area contributed by atoms with Crippen molar-refractivity contribution in [2.45, 2.75) is 3.53 Å². The Kier molecular flexibility index (Phi) is 4.60. The van der Waals surface area contributed by atoms with Crippen LogP contribution in [0.4, 0.5) is 0 Å². The number of hydrogen-bond acceptors (Lipinski definition) is 0. The van der Waals surface area contributed by atoms with Crippen LogP contribution in [0, 0.1) is 0 Å². The second kappa shape index (κ2) is 3.42. The van der Waals surface area contributed by atoms with Gasteiger partial charge >= 0.3 is 88.2 Å². The van der Waals surface area contributed by atoms with Crippen LogP contribution in [0.2, 0.25) is 0 Å². The second-order valence-electron chi connectivity index (χ2n) is 0.996. The predicted molar refractivity (Wildman–Crippen MR) is 55.4 cm³/mol. The van der Waals surface area contributed by atoms with Gasteiger partial charge in [-0.1, -0.05) is 0 Å². The Labute approximate surface area is 87.2 Å². The molecule has 52 valence electrons. The van der Waals surface area contributed by atoms with Crippen molar-refractivity contribution in [1.29, 1.82) is 0 Å². The van der Waals surface area contributed by atoms with Crippen molar-refractivity contribution in [1.82, 2.24) is 0 Å². The van der Waals surface area contributed by atoms with Gasteiger partial charge in [-0.15, -0.1) is 0 Å². The number of rotatable bonds is 0. The summed E-state index contributed by atoms with van der Waals surface area (Å²) in [5.41, 5.74) is 0. The second-order valence-corrected chi connectivity index (χ2v) is 26.3. The topological polar surface area (TPSA) is 0 Å². The van der Waals surface area contributed by atoms with E-state index in [0.29, 0.717) is 0 Å². The third kappa shape index (κ3) is 3.80.